The summed E-state index contributed by atoms with van der Waals surface area (Å²) in [6.45, 7) is 14.3. The van der Waals surface area contributed by atoms with Gasteiger partial charge in [0.05, 0.1) is 29.0 Å². The van der Waals surface area contributed by atoms with Gasteiger partial charge in [0.1, 0.15) is 34.7 Å². The van der Waals surface area contributed by atoms with Gasteiger partial charge in [0, 0.05) is 43.5 Å². The highest BCUT2D eigenvalue weighted by Crippen LogP contribution is 2.46. The number of phenolic OH excluding ortho intramolecular Hbond substituents is 2. The number of nitrogens with zero attached hydrogens (tertiary/aromatic N) is 4. The molecule has 3 unspecified atom stereocenters. The first-order valence-electron chi connectivity index (χ1n) is 22.8. The number of rotatable bonds is 14. The van der Waals surface area contributed by atoms with Crippen molar-refractivity contribution in [2.24, 2.45) is 11.7 Å². The summed E-state index contributed by atoms with van der Waals surface area (Å²) in [5, 5.41) is 36.0. The molecule has 16 nitrogen and oxygen atoms in total. The first kappa shape index (κ1) is 48.8. The number of nitrogens with one attached hydrogen (secondary N) is 3. The van der Waals surface area contributed by atoms with E-state index in [2.05, 4.69) is 20.6 Å². The lowest BCUT2D eigenvalue weighted by Crippen LogP contribution is -2.55. The molecule has 7 N–H and O–H groups in total. The highest BCUT2D eigenvalue weighted by molar-refractivity contribution is 6.48. The molecule has 0 bridgehead atoms. The van der Waals surface area contributed by atoms with E-state index < -0.39 is 48.1 Å². The van der Waals surface area contributed by atoms with Crippen LogP contribution in [0.3, 0.4) is 0 Å². The van der Waals surface area contributed by atoms with Gasteiger partial charge in [-0.05, 0) is 104 Å². The quantitative estimate of drug-likeness (QED) is 0.0389. The van der Waals surface area contributed by atoms with E-state index in [9.17, 15) is 29.4 Å². The van der Waals surface area contributed by atoms with E-state index >= 15 is 0 Å². The molecule has 354 valence electrons. The fourth-order valence-electron chi connectivity index (χ4n) is 8.82. The van der Waals surface area contributed by atoms with E-state index in [-0.39, 0.29) is 59.3 Å². The number of primary amides is 1. The molecule has 1 saturated heterocycles. The minimum Gasteiger partial charge on any atom is -0.508 e. The second-order valence-corrected chi connectivity index (χ2v) is 18.8. The number of anilines is 1. The third kappa shape index (κ3) is 10.4. The smallest absolute Gasteiger partial charge is 0.482 e. The number of phenols is 2. The maximum Gasteiger partial charge on any atom is 0.482 e. The van der Waals surface area contributed by atoms with Crippen LogP contribution in [0.15, 0.2) is 104 Å². The van der Waals surface area contributed by atoms with Gasteiger partial charge in [-0.15, -0.1) is 0 Å². The Labute approximate surface area is 396 Å². The lowest BCUT2D eigenvalue weighted by atomic mass is 9.73. The molecule has 1 fully saturated rings. The predicted molar refractivity (Wildman–Crippen MR) is 258 cm³/mol. The van der Waals surface area contributed by atoms with Crippen molar-refractivity contribution in [3.63, 3.8) is 0 Å². The van der Waals surface area contributed by atoms with Crippen LogP contribution in [0.1, 0.15) is 115 Å². The molecule has 7 rings (SSSR count). The van der Waals surface area contributed by atoms with Crippen molar-refractivity contribution >= 4 is 42.4 Å². The summed E-state index contributed by atoms with van der Waals surface area (Å²) in [5.41, 5.74) is 8.63. The van der Waals surface area contributed by atoms with Crippen LogP contribution in [-0.2, 0) is 39.1 Å². The Bertz CT molecular complexity index is 2680. The molecule has 2 aliphatic rings. The average molecular weight is 923 g/mol. The van der Waals surface area contributed by atoms with Gasteiger partial charge in [-0.2, -0.15) is 0 Å². The molecule has 3 atom stereocenters. The van der Waals surface area contributed by atoms with Crippen molar-refractivity contribution in [2.45, 2.75) is 103 Å². The predicted octanol–water partition coefficient (Wildman–Crippen LogP) is 6.76. The van der Waals surface area contributed by atoms with Crippen LogP contribution in [0, 0.1) is 11.3 Å². The third-order valence-corrected chi connectivity index (χ3v) is 12.9. The normalized spacial score (nSPS) is 17.3. The van der Waals surface area contributed by atoms with Gasteiger partial charge in [-0.3, -0.25) is 24.8 Å². The molecule has 5 aromatic rings. The van der Waals surface area contributed by atoms with Crippen LogP contribution in [0.25, 0.3) is 0 Å². The van der Waals surface area contributed by atoms with E-state index in [4.69, 9.17) is 20.5 Å². The number of benzene rings is 4. The van der Waals surface area contributed by atoms with Gasteiger partial charge >= 0.3 is 13.1 Å². The van der Waals surface area contributed by atoms with Crippen molar-refractivity contribution in [1.29, 1.82) is 5.41 Å². The van der Waals surface area contributed by atoms with Crippen LogP contribution in [0.5, 0.6) is 11.5 Å². The van der Waals surface area contributed by atoms with Gasteiger partial charge in [-0.1, -0.05) is 76.2 Å². The molecule has 5 amide bonds. The molecule has 0 aliphatic carbocycles. The first-order chi connectivity index (χ1) is 32.3. The van der Waals surface area contributed by atoms with Crippen molar-refractivity contribution < 1.29 is 38.7 Å². The molecule has 0 radical (unpaired) electrons. The fraction of sp³-hybridized carbons (Fsp3) is 0.353. The van der Waals surface area contributed by atoms with Crippen molar-refractivity contribution in [3.8, 4) is 11.5 Å². The Balaban J connectivity index is 1.06. The maximum absolute atomic E-state index is 14.2. The Morgan fingerprint density at radius 3 is 2.26 bits per heavy atom. The second kappa shape index (κ2) is 20.0. The molecular formula is C51H59BN8O8. The Morgan fingerprint density at radius 2 is 1.62 bits per heavy atom. The molecule has 17 heteroatoms. The molecule has 1 aromatic heterocycles. The summed E-state index contributed by atoms with van der Waals surface area (Å²) in [7, 11) is -0.868. The highest BCUT2D eigenvalue weighted by Gasteiger charge is 2.57. The number of hydrogen-bond donors (Lipinski definition) is 6. The minimum atomic E-state index is -1.02. The molecule has 2 aliphatic heterocycles. The number of amides is 5. The second-order valence-electron chi connectivity index (χ2n) is 18.8. The number of hydrogen-bond acceptors (Lipinski definition) is 11. The lowest BCUT2D eigenvalue weighted by Gasteiger charge is -2.37. The maximum atomic E-state index is 14.2. The Morgan fingerprint density at radius 1 is 0.897 bits per heavy atom. The SMILES string of the molecule is CC(C)CC(NC(=O)C(Cc1ccccc1)NC(=O)c1cnccn1)B1OC(C)(C)C(C)(c2ccc(C(=O)N3CCc4ccc(N(C(=N)c5cc(C(C)C)c(O)cc5O)C(N)=O)cc4C3)cc2)O1. The van der Waals surface area contributed by atoms with Gasteiger partial charge < -0.3 is 40.8 Å². The van der Waals surface area contributed by atoms with E-state index in [0.29, 0.717) is 36.2 Å². The third-order valence-electron chi connectivity index (χ3n) is 12.9. The Hall–Kier alpha value is -7.11. The average Bonchev–Trinajstić information content (AvgIpc) is 3.56. The molecule has 4 aromatic carbocycles. The molecular weight excluding hydrogens is 863 g/mol. The zero-order chi connectivity index (χ0) is 49.1. The van der Waals surface area contributed by atoms with Crippen LogP contribution in [-0.4, -0.2) is 85.9 Å². The van der Waals surface area contributed by atoms with Crippen molar-refractivity contribution in [2.75, 3.05) is 11.4 Å². The summed E-state index contributed by atoms with van der Waals surface area (Å²) in [5.74, 6) is -2.60. The number of fused-ring (bicyclic) bond motifs is 1. The van der Waals surface area contributed by atoms with Gasteiger partial charge in [-0.25, -0.2) is 14.7 Å². The van der Waals surface area contributed by atoms with Crippen molar-refractivity contribution in [1.82, 2.24) is 25.5 Å². The summed E-state index contributed by atoms with van der Waals surface area (Å²) < 4.78 is 13.5. The Kier molecular flexibility index (Phi) is 14.4. The number of carbonyl (C=O) groups excluding carboxylic acids is 4. The number of amidine groups is 1. The van der Waals surface area contributed by atoms with Gasteiger partial charge in [0.2, 0.25) is 5.91 Å². The number of carbonyl (C=O) groups is 4. The highest BCUT2D eigenvalue weighted by atomic mass is 16.7. The van der Waals surface area contributed by atoms with E-state index in [0.717, 1.165) is 33.2 Å². The largest absolute Gasteiger partial charge is 0.508 e. The zero-order valence-corrected chi connectivity index (χ0v) is 39.4. The van der Waals surface area contributed by atoms with Gasteiger partial charge in [0.15, 0.2) is 0 Å². The number of aromatic nitrogens is 2. The van der Waals surface area contributed by atoms with E-state index in [1.54, 1.807) is 29.2 Å². The molecule has 0 saturated carbocycles. The van der Waals surface area contributed by atoms with E-state index in [1.807, 2.05) is 97.0 Å². The summed E-state index contributed by atoms with van der Waals surface area (Å²) >= 11 is 0. The van der Waals surface area contributed by atoms with Crippen LogP contribution < -0.4 is 21.3 Å². The summed E-state index contributed by atoms with van der Waals surface area (Å²) in [6, 6.07) is 22.6. The van der Waals surface area contributed by atoms with Crippen LogP contribution in [0.4, 0.5) is 10.5 Å². The number of urea groups is 1. The van der Waals surface area contributed by atoms with Crippen molar-refractivity contribution in [3.05, 3.63) is 148 Å². The van der Waals surface area contributed by atoms with Gasteiger partial charge in [0.25, 0.3) is 11.8 Å². The van der Waals surface area contributed by atoms with Crippen LogP contribution in [0.2, 0.25) is 0 Å². The molecule has 0 spiro atoms. The summed E-state index contributed by atoms with van der Waals surface area (Å²) in [6.07, 6.45) is 5.52. The minimum absolute atomic E-state index is 0.0262. The fourth-order valence-corrected chi connectivity index (χ4v) is 8.82. The lowest BCUT2D eigenvalue weighted by molar-refractivity contribution is -0.123. The number of aromatic hydroxyl groups is 2. The van der Waals surface area contributed by atoms with Crippen LogP contribution >= 0.6 is 0 Å². The topological polar surface area (TPSA) is 233 Å². The zero-order valence-electron chi connectivity index (χ0n) is 39.4. The summed E-state index contributed by atoms with van der Waals surface area (Å²) in [4.78, 5) is 65.3. The molecule has 3 heterocycles. The standard InChI is InChI=1S/C51H59BN8O8/c1-30(2)23-44(58-46(63)40(24-32-11-9-8-10-12-32)57-47(64)41-28-55-20-21-56-41)52-67-50(5,6)51(7,68-52)36-16-13-34(14-17-36)48(65)59-22-19-33-15-18-37(25-35(33)29-59)60(49(54)66)45(53)39-26-38(31(3)4)42(61)27-43(39)62/h8-18,20-21,25-28,30-31,40,44,53,61-62H,19,22-24,29H2,1-7H3,(H2,54,66)(H,57,64)(H,58,63). The molecule has 68 heavy (non-hydrogen) atoms. The number of nitrogens with two attached hydrogens (primary N) is 1. The monoisotopic (exact) mass is 922 g/mol. The van der Waals surface area contributed by atoms with E-state index in [1.165, 1.54) is 24.7 Å². The first-order valence-corrected chi connectivity index (χ1v) is 22.8.